The van der Waals surface area contributed by atoms with Crippen molar-refractivity contribution in [2.75, 3.05) is 6.61 Å². The lowest BCUT2D eigenvalue weighted by molar-refractivity contribution is -0.144. The average molecular weight is 266 g/mol. The van der Waals surface area contributed by atoms with Crippen molar-refractivity contribution in [3.8, 4) is 0 Å². The third-order valence-electron chi connectivity index (χ3n) is 2.77. The van der Waals surface area contributed by atoms with Crippen molar-refractivity contribution in [2.24, 2.45) is 11.3 Å². The van der Waals surface area contributed by atoms with Crippen LogP contribution in [0.15, 0.2) is 17.4 Å². The van der Waals surface area contributed by atoms with Gasteiger partial charge in [-0.05, 0) is 42.7 Å². The molecule has 0 spiro atoms. The second-order valence-electron chi connectivity index (χ2n) is 6.51. The number of carbonyl (C=O) groups is 1. The molecule has 0 fully saturated rings. The lowest BCUT2D eigenvalue weighted by Crippen LogP contribution is -2.11. The van der Waals surface area contributed by atoms with E-state index in [0.29, 0.717) is 18.9 Å². The van der Waals surface area contributed by atoms with Crippen LogP contribution in [0.25, 0.3) is 0 Å². The maximum atomic E-state index is 11.6. The van der Waals surface area contributed by atoms with E-state index >= 15 is 0 Å². The van der Waals surface area contributed by atoms with Gasteiger partial charge >= 0.3 is 5.97 Å². The predicted octanol–water partition coefficient (Wildman–Crippen LogP) is 4.89. The number of esters is 1. The zero-order valence-electron chi connectivity index (χ0n) is 13.5. The molecule has 110 valence electrons. The summed E-state index contributed by atoms with van der Waals surface area (Å²) in [6, 6.07) is 0. The Morgan fingerprint density at radius 2 is 1.95 bits per heavy atom. The Hall–Kier alpha value is -1.01. The van der Waals surface area contributed by atoms with Crippen molar-refractivity contribution in [1.82, 2.24) is 0 Å². The summed E-state index contributed by atoms with van der Waals surface area (Å²) in [5.41, 5.74) is 4.49. The molecule has 0 saturated heterocycles. The highest BCUT2D eigenvalue weighted by molar-refractivity contribution is 5.69. The van der Waals surface area contributed by atoms with Gasteiger partial charge in [0.05, 0.1) is 6.61 Å². The van der Waals surface area contributed by atoms with Gasteiger partial charge in [-0.25, -0.2) is 0 Å². The van der Waals surface area contributed by atoms with Gasteiger partial charge < -0.3 is 4.74 Å². The second-order valence-corrected chi connectivity index (χ2v) is 6.51. The lowest BCUT2D eigenvalue weighted by atomic mass is 9.96. The molecule has 0 aromatic heterocycles. The van der Waals surface area contributed by atoms with E-state index in [1.165, 1.54) is 0 Å². The maximum absolute atomic E-state index is 11.6. The molecule has 1 unspecified atom stereocenters. The fraction of sp³-hybridized carbons (Fsp3) is 0.765. The largest absolute Gasteiger partial charge is 0.465 e. The minimum Gasteiger partial charge on any atom is -0.465 e. The van der Waals surface area contributed by atoms with E-state index in [1.807, 2.05) is 6.92 Å². The predicted molar refractivity (Wildman–Crippen MR) is 81.0 cm³/mol. The van der Waals surface area contributed by atoms with Crippen molar-refractivity contribution in [1.29, 1.82) is 0 Å². The molecule has 0 aliphatic rings. The third-order valence-corrected chi connectivity index (χ3v) is 2.77. The summed E-state index contributed by atoms with van der Waals surface area (Å²) in [5, 5.41) is 0. The molecular formula is C17H30O2. The molecule has 0 radical (unpaired) electrons. The summed E-state index contributed by atoms with van der Waals surface area (Å²) in [6.07, 6.45) is 5.49. The van der Waals surface area contributed by atoms with Crippen molar-refractivity contribution >= 4 is 5.97 Å². The minimum atomic E-state index is -0.0974. The molecule has 0 aromatic rings. The summed E-state index contributed by atoms with van der Waals surface area (Å²) in [7, 11) is 0. The van der Waals surface area contributed by atoms with Crippen molar-refractivity contribution in [3.63, 3.8) is 0 Å². The first-order valence-electron chi connectivity index (χ1n) is 7.33. The van der Waals surface area contributed by atoms with Gasteiger partial charge in [-0.1, -0.05) is 41.0 Å². The number of rotatable bonds is 7. The Kier molecular flexibility index (Phi) is 8.51. The first kappa shape index (κ1) is 18.0. The number of hydrogen-bond donors (Lipinski definition) is 0. The molecular weight excluding hydrogens is 236 g/mol. The van der Waals surface area contributed by atoms with Gasteiger partial charge in [0.15, 0.2) is 0 Å². The molecule has 0 bridgehead atoms. The zero-order chi connectivity index (χ0) is 14.9. The fourth-order valence-corrected chi connectivity index (χ4v) is 1.58. The number of hydrogen-bond acceptors (Lipinski definition) is 2. The first-order valence-corrected chi connectivity index (χ1v) is 7.33. The van der Waals surface area contributed by atoms with Crippen LogP contribution in [-0.4, -0.2) is 12.6 Å². The highest BCUT2D eigenvalue weighted by Gasteiger charge is 2.07. The highest BCUT2D eigenvalue weighted by atomic mass is 16.5. The van der Waals surface area contributed by atoms with Crippen LogP contribution in [-0.2, 0) is 9.53 Å². The topological polar surface area (TPSA) is 26.3 Å². The maximum Gasteiger partial charge on any atom is 0.306 e. The summed E-state index contributed by atoms with van der Waals surface area (Å²) in [4.78, 5) is 11.6. The van der Waals surface area contributed by atoms with Gasteiger partial charge in [0, 0.05) is 6.42 Å². The van der Waals surface area contributed by atoms with Crippen molar-refractivity contribution in [2.45, 2.75) is 67.2 Å². The number of ether oxygens (including phenoxy) is 1. The van der Waals surface area contributed by atoms with Crippen molar-refractivity contribution in [3.05, 3.63) is 17.4 Å². The van der Waals surface area contributed by atoms with Crippen LogP contribution in [0.5, 0.6) is 0 Å². The van der Waals surface area contributed by atoms with Crippen LogP contribution in [0, 0.1) is 11.3 Å². The fourth-order valence-electron chi connectivity index (χ4n) is 1.58. The summed E-state index contributed by atoms with van der Waals surface area (Å²) in [6.45, 7) is 13.2. The van der Waals surface area contributed by atoms with E-state index in [0.717, 1.165) is 24.8 Å². The average Bonchev–Trinajstić information content (AvgIpc) is 2.30. The molecule has 0 saturated carbocycles. The smallest absolute Gasteiger partial charge is 0.306 e. The van der Waals surface area contributed by atoms with Crippen LogP contribution in [0.2, 0.25) is 0 Å². The Morgan fingerprint density at radius 3 is 2.47 bits per heavy atom. The van der Waals surface area contributed by atoms with E-state index in [2.05, 4.69) is 46.4 Å². The van der Waals surface area contributed by atoms with E-state index < -0.39 is 0 Å². The molecule has 0 rings (SSSR count). The van der Waals surface area contributed by atoms with Gasteiger partial charge in [-0.15, -0.1) is 5.73 Å². The number of carbonyl (C=O) groups excluding carboxylic acids is 1. The van der Waals surface area contributed by atoms with E-state index in [-0.39, 0.29) is 11.4 Å². The molecule has 0 heterocycles. The summed E-state index contributed by atoms with van der Waals surface area (Å²) in [5.74, 6) is 0.367. The Labute approximate surface area is 118 Å². The normalized spacial score (nSPS) is 12.5. The van der Waals surface area contributed by atoms with E-state index in [9.17, 15) is 4.79 Å². The minimum absolute atomic E-state index is 0.0974. The molecule has 0 aliphatic carbocycles. The highest BCUT2D eigenvalue weighted by Crippen LogP contribution is 2.15. The molecule has 19 heavy (non-hydrogen) atoms. The van der Waals surface area contributed by atoms with Crippen LogP contribution in [0.4, 0.5) is 0 Å². The SMILES string of the molecule is CCCC(C)COC(=O)CCC(C)=C=CC(C)(C)C. The van der Waals surface area contributed by atoms with Crippen LogP contribution in [0.1, 0.15) is 67.2 Å². The van der Waals surface area contributed by atoms with Gasteiger partial charge in [0.2, 0.25) is 0 Å². The van der Waals surface area contributed by atoms with Crippen LogP contribution >= 0.6 is 0 Å². The van der Waals surface area contributed by atoms with Gasteiger partial charge in [0.1, 0.15) is 0 Å². The standard InChI is InChI=1S/C17H30O2/c1-7-8-15(3)13-19-16(18)10-9-14(2)11-12-17(4,5)6/h12,15H,7-10,13H2,1-6H3. The van der Waals surface area contributed by atoms with Gasteiger partial charge in [-0.3, -0.25) is 4.79 Å². The Morgan fingerprint density at radius 1 is 1.32 bits per heavy atom. The van der Waals surface area contributed by atoms with Crippen LogP contribution in [0.3, 0.4) is 0 Å². The Bertz CT molecular complexity index is 328. The third kappa shape index (κ3) is 11.8. The monoisotopic (exact) mass is 266 g/mol. The van der Waals surface area contributed by atoms with Crippen LogP contribution < -0.4 is 0 Å². The quantitative estimate of drug-likeness (QED) is 0.484. The van der Waals surface area contributed by atoms with E-state index in [4.69, 9.17) is 4.74 Å². The van der Waals surface area contributed by atoms with E-state index in [1.54, 1.807) is 0 Å². The van der Waals surface area contributed by atoms with Gasteiger partial charge in [-0.2, -0.15) is 0 Å². The summed E-state index contributed by atoms with van der Waals surface area (Å²) >= 11 is 0. The first-order chi connectivity index (χ1) is 8.74. The molecule has 0 amide bonds. The molecule has 1 atom stereocenters. The molecule has 2 nitrogen and oxygen atoms in total. The molecule has 0 N–H and O–H groups in total. The second kappa shape index (κ2) is 8.98. The van der Waals surface area contributed by atoms with Crippen molar-refractivity contribution < 1.29 is 9.53 Å². The van der Waals surface area contributed by atoms with Gasteiger partial charge in [0.25, 0.3) is 0 Å². The Balaban J connectivity index is 4.00. The lowest BCUT2D eigenvalue weighted by Gasteiger charge is -2.11. The summed E-state index contributed by atoms with van der Waals surface area (Å²) < 4.78 is 5.26. The molecule has 0 aliphatic heterocycles. The zero-order valence-corrected chi connectivity index (χ0v) is 13.5. The molecule has 2 heteroatoms. The number of allylic oxidation sites excluding steroid dienone is 1. The molecule has 0 aromatic carbocycles.